The van der Waals surface area contributed by atoms with E-state index < -0.39 is 11.7 Å². The van der Waals surface area contributed by atoms with Gasteiger partial charge in [0.15, 0.2) is 4.77 Å². The molecule has 0 saturated heterocycles. The molecule has 0 aliphatic rings. The summed E-state index contributed by atoms with van der Waals surface area (Å²) in [6.07, 6.45) is -2.69. The lowest BCUT2D eigenvalue weighted by molar-refractivity contribution is -0.137. The van der Waals surface area contributed by atoms with Crippen molar-refractivity contribution in [3.8, 4) is 5.69 Å². The van der Waals surface area contributed by atoms with E-state index in [9.17, 15) is 13.2 Å². The van der Waals surface area contributed by atoms with Crippen molar-refractivity contribution in [2.45, 2.75) is 13.1 Å². The Bertz CT molecular complexity index is 595. The van der Waals surface area contributed by atoms with E-state index in [0.29, 0.717) is 10.5 Å². The molecule has 0 amide bonds. The maximum atomic E-state index is 12.6. The summed E-state index contributed by atoms with van der Waals surface area (Å²) in [4.78, 5) is 2.79. The lowest BCUT2D eigenvalue weighted by Crippen LogP contribution is -2.06. The van der Waals surface area contributed by atoms with E-state index in [-0.39, 0.29) is 0 Å². The van der Waals surface area contributed by atoms with E-state index in [0.717, 1.165) is 17.8 Å². The van der Waals surface area contributed by atoms with Crippen molar-refractivity contribution in [1.82, 2.24) is 9.55 Å². The molecule has 2 aromatic rings. The van der Waals surface area contributed by atoms with Crippen molar-refractivity contribution >= 4 is 12.2 Å². The molecule has 6 heteroatoms. The van der Waals surface area contributed by atoms with Crippen LogP contribution in [-0.2, 0) is 6.18 Å². The fourth-order valence-corrected chi connectivity index (χ4v) is 1.91. The van der Waals surface area contributed by atoms with E-state index in [1.165, 1.54) is 6.07 Å². The quantitative estimate of drug-likeness (QED) is 0.770. The van der Waals surface area contributed by atoms with Gasteiger partial charge in [0.25, 0.3) is 0 Å². The van der Waals surface area contributed by atoms with Gasteiger partial charge >= 0.3 is 6.18 Å². The van der Waals surface area contributed by atoms with Crippen LogP contribution < -0.4 is 0 Å². The molecule has 0 radical (unpaired) electrons. The predicted octanol–water partition coefficient (Wildman–Crippen LogP) is 3.86. The minimum absolute atomic E-state index is 0.377. The number of halogens is 3. The van der Waals surface area contributed by atoms with Crippen LogP contribution in [0.3, 0.4) is 0 Å². The molecule has 2 rings (SSSR count). The molecule has 1 heterocycles. The standard InChI is InChI=1S/C11H9F3N2S/c1-7-6-15-10(17)16(7)9-4-2-3-8(5-9)11(12,13)14/h2-6H,1H3,(H,15,17). The van der Waals surface area contributed by atoms with Crippen LogP contribution in [0.25, 0.3) is 5.69 Å². The van der Waals surface area contributed by atoms with E-state index in [4.69, 9.17) is 12.2 Å². The fraction of sp³-hybridized carbons (Fsp3) is 0.182. The number of aromatic amines is 1. The zero-order valence-corrected chi connectivity index (χ0v) is 9.69. The van der Waals surface area contributed by atoms with Gasteiger partial charge < -0.3 is 4.98 Å². The summed E-state index contributed by atoms with van der Waals surface area (Å²) >= 11 is 5.02. The molecule has 1 aromatic heterocycles. The third kappa shape index (κ3) is 2.26. The summed E-state index contributed by atoms with van der Waals surface area (Å²) in [6, 6.07) is 5.07. The van der Waals surface area contributed by atoms with Crippen molar-refractivity contribution in [2.24, 2.45) is 0 Å². The molecule has 2 nitrogen and oxygen atoms in total. The highest BCUT2D eigenvalue weighted by Crippen LogP contribution is 2.30. The van der Waals surface area contributed by atoms with Crippen molar-refractivity contribution in [3.63, 3.8) is 0 Å². The number of alkyl halides is 3. The van der Waals surface area contributed by atoms with E-state index >= 15 is 0 Å². The van der Waals surface area contributed by atoms with Gasteiger partial charge in [-0.05, 0) is 37.3 Å². The molecular formula is C11H9F3N2S. The first-order chi connectivity index (χ1) is 7.89. The molecule has 0 fully saturated rings. The molecule has 1 N–H and O–H groups in total. The monoisotopic (exact) mass is 258 g/mol. The van der Waals surface area contributed by atoms with Gasteiger partial charge in [0.2, 0.25) is 0 Å². The molecule has 17 heavy (non-hydrogen) atoms. The van der Waals surface area contributed by atoms with Gasteiger partial charge in [-0.2, -0.15) is 13.2 Å². The fourth-order valence-electron chi connectivity index (χ4n) is 1.60. The Morgan fingerprint density at radius 1 is 1.29 bits per heavy atom. The van der Waals surface area contributed by atoms with Gasteiger partial charge in [0.05, 0.1) is 5.56 Å². The number of aryl methyl sites for hydroxylation is 1. The van der Waals surface area contributed by atoms with Crippen molar-refractivity contribution < 1.29 is 13.2 Å². The Balaban J connectivity index is 2.59. The van der Waals surface area contributed by atoms with E-state index in [2.05, 4.69) is 4.98 Å². The first-order valence-electron chi connectivity index (χ1n) is 4.84. The van der Waals surface area contributed by atoms with E-state index in [1.54, 1.807) is 23.8 Å². The van der Waals surface area contributed by atoms with Crippen LogP contribution in [0.5, 0.6) is 0 Å². The van der Waals surface area contributed by atoms with Gasteiger partial charge in [-0.1, -0.05) is 6.07 Å². The van der Waals surface area contributed by atoms with Crippen molar-refractivity contribution in [1.29, 1.82) is 0 Å². The summed E-state index contributed by atoms with van der Waals surface area (Å²) in [5.74, 6) is 0. The molecule has 0 aliphatic carbocycles. The minimum Gasteiger partial charge on any atom is -0.337 e. The molecule has 1 aromatic carbocycles. The van der Waals surface area contributed by atoms with Crippen LogP contribution in [0.1, 0.15) is 11.3 Å². The summed E-state index contributed by atoms with van der Waals surface area (Å²) in [6.45, 7) is 1.77. The Labute approximate surface area is 101 Å². The molecule has 0 aliphatic heterocycles. The first kappa shape index (κ1) is 11.9. The normalized spacial score (nSPS) is 11.8. The second-order valence-corrected chi connectivity index (χ2v) is 4.01. The summed E-state index contributed by atoms with van der Waals surface area (Å²) in [5.41, 5.74) is 0.482. The highest BCUT2D eigenvalue weighted by Gasteiger charge is 2.30. The van der Waals surface area contributed by atoms with Crippen LogP contribution in [0.15, 0.2) is 30.5 Å². The lowest BCUT2D eigenvalue weighted by atomic mass is 10.2. The molecular weight excluding hydrogens is 249 g/mol. The SMILES string of the molecule is Cc1c[nH]c(=S)n1-c1cccc(C(F)(F)F)c1. The summed E-state index contributed by atoms with van der Waals surface area (Å²) < 4.78 is 39.6. The smallest absolute Gasteiger partial charge is 0.337 e. The number of imidazole rings is 1. The van der Waals surface area contributed by atoms with Gasteiger partial charge in [-0.3, -0.25) is 4.57 Å². The van der Waals surface area contributed by atoms with Gasteiger partial charge in [-0.15, -0.1) is 0 Å². The zero-order chi connectivity index (χ0) is 12.6. The Morgan fingerprint density at radius 3 is 2.53 bits per heavy atom. The predicted molar refractivity (Wildman–Crippen MR) is 60.7 cm³/mol. The highest BCUT2D eigenvalue weighted by molar-refractivity contribution is 7.71. The summed E-state index contributed by atoms with van der Waals surface area (Å²) in [5, 5.41) is 0. The number of benzene rings is 1. The largest absolute Gasteiger partial charge is 0.416 e. The lowest BCUT2D eigenvalue weighted by Gasteiger charge is -2.10. The Morgan fingerprint density at radius 2 is 2.00 bits per heavy atom. The molecule has 0 spiro atoms. The average Bonchev–Trinajstić information content (AvgIpc) is 2.57. The summed E-state index contributed by atoms with van der Waals surface area (Å²) in [7, 11) is 0. The number of nitrogens with zero attached hydrogens (tertiary/aromatic N) is 1. The Hall–Kier alpha value is -1.56. The van der Waals surface area contributed by atoms with Gasteiger partial charge in [-0.25, -0.2) is 0 Å². The van der Waals surface area contributed by atoms with Gasteiger partial charge in [0.1, 0.15) is 0 Å². The van der Waals surface area contributed by atoms with Crippen LogP contribution >= 0.6 is 12.2 Å². The molecule has 0 saturated carbocycles. The van der Waals surface area contributed by atoms with Crippen LogP contribution in [-0.4, -0.2) is 9.55 Å². The van der Waals surface area contributed by atoms with Crippen molar-refractivity contribution in [3.05, 3.63) is 46.5 Å². The minimum atomic E-state index is -4.34. The van der Waals surface area contributed by atoms with Crippen LogP contribution in [0.4, 0.5) is 13.2 Å². The second-order valence-electron chi connectivity index (χ2n) is 3.62. The van der Waals surface area contributed by atoms with Crippen LogP contribution in [0, 0.1) is 11.7 Å². The third-order valence-corrected chi connectivity index (χ3v) is 2.69. The molecule has 0 unspecified atom stereocenters. The Kier molecular flexibility index (Phi) is 2.82. The topological polar surface area (TPSA) is 20.7 Å². The van der Waals surface area contributed by atoms with E-state index in [1.807, 2.05) is 0 Å². The first-order valence-corrected chi connectivity index (χ1v) is 5.25. The molecule has 0 bridgehead atoms. The number of rotatable bonds is 1. The maximum absolute atomic E-state index is 12.6. The third-order valence-electron chi connectivity index (χ3n) is 2.39. The number of hydrogen-bond acceptors (Lipinski definition) is 1. The number of H-pyrrole nitrogens is 1. The van der Waals surface area contributed by atoms with Gasteiger partial charge in [0, 0.05) is 17.6 Å². The number of nitrogens with one attached hydrogen (secondary N) is 1. The molecule has 90 valence electrons. The number of hydrogen-bond donors (Lipinski definition) is 1. The maximum Gasteiger partial charge on any atom is 0.416 e. The second kappa shape index (κ2) is 4.03. The average molecular weight is 258 g/mol. The van der Waals surface area contributed by atoms with Crippen molar-refractivity contribution in [2.75, 3.05) is 0 Å². The zero-order valence-electron chi connectivity index (χ0n) is 8.88. The highest BCUT2D eigenvalue weighted by atomic mass is 32.1. The number of aromatic nitrogens is 2. The van der Waals surface area contributed by atoms with Crippen LogP contribution in [0.2, 0.25) is 0 Å². The molecule has 0 atom stereocenters.